The number of aryl methyl sites for hydroxylation is 1. The summed E-state index contributed by atoms with van der Waals surface area (Å²) in [5, 5.41) is 11.2. The van der Waals surface area contributed by atoms with Gasteiger partial charge in [0.15, 0.2) is 0 Å². The first-order valence-electron chi connectivity index (χ1n) is 7.84. The third-order valence-corrected chi connectivity index (χ3v) is 4.50. The van der Waals surface area contributed by atoms with E-state index in [2.05, 4.69) is 0 Å². The molecule has 0 aliphatic heterocycles. The predicted molar refractivity (Wildman–Crippen MR) is 108 cm³/mol. The number of halogens is 1. The van der Waals surface area contributed by atoms with Crippen LogP contribution in [0.1, 0.15) is 20.1 Å². The van der Waals surface area contributed by atoms with Gasteiger partial charge in [0.05, 0.1) is 15.9 Å². The fourth-order valence-electron chi connectivity index (χ4n) is 2.91. The Balaban J connectivity index is 0.00000243. The summed E-state index contributed by atoms with van der Waals surface area (Å²) in [4.78, 5) is 27.2. The largest absolute Gasteiger partial charge is 2.00 e. The van der Waals surface area contributed by atoms with Crippen LogP contribution in [0.3, 0.4) is 0 Å². The second-order valence-electron chi connectivity index (χ2n) is 5.61. The minimum Gasteiger partial charge on any atom is -1.00 e. The molecule has 132 valence electrons. The number of fused-ring (bicyclic) bond motifs is 1. The van der Waals surface area contributed by atoms with Gasteiger partial charge in [-0.05, 0) is 31.2 Å². The Bertz CT molecular complexity index is 1030. The van der Waals surface area contributed by atoms with Gasteiger partial charge in [0, 0.05) is 19.3 Å². The van der Waals surface area contributed by atoms with Crippen molar-refractivity contribution < 1.29 is 12.8 Å². The molecule has 26 heavy (non-hydrogen) atoms. The summed E-state index contributed by atoms with van der Waals surface area (Å²) in [6, 6.07) is 14.0. The Morgan fingerprint density at radius 2 is 1.85 bits per heavy atom. The third-order valence-electron chi connectivity index (χ3n) is 4.19. The number of carbonyl (C=O) groups is 1. The number of hydrogen-bond acceptors (Lipinski definition) is 3. The first-order chi connectivity index (χ1) is 12.0. The van der Waals surface area contributed by atoms with Gasteiger partial charge >= 0.3 is 37.7 Å². The van der Waals surface area contributed by atoms with E-state index in [0.717, 1.165) is 0 Å². The molecular weight excluding hydrogens is 380 g/mol. The molecule has 0 aliphatic carbocycles. The Morgan fingerprint density at radius 1 is 1.19 bits per heavy atom. The van der Waals surface area contributed by atoms with Crippen molar-refractivity contribution in [1.29, 1.82) is 0 Å². The molecule has 1 amide bonds. The van der Waals surface area contributed by atoms with Crippen LogP contribution in [0, 0.1) is 0 Å². The molecule has 0 saturated carbocycles. The van der Waals surface area contributed by atoms with E-state index in [1.807, 2.05) is 6.07 Å². The van der Waals surface area contributed by atoms with Crippen LogP contribution in [0.4, 0.5) is 5.69 Å². The summed E-state index contributed by atoms with van der Waals surface area (Å²) in [7, 11) is 1.55. The number of rotatable bonds is 3. The van der Waals surface area contributed by atoms with E-state index in [1.165, 1.54) is 9.47 Å². The number of pyridine rings is 1. The number of aromatic nitrogens is 1. The number of aromatic hydroxyl groups is 1. The van der Waals surface area contributed by atoms with E-state index >= 15 is 0 Å². The van der Waals surface area contributed by atoms with Gasteiger partial charge < -0.3 is 17.4 Å². The maximum Gasteiger partial charge on any atom is 2.00 e. The molecule has 1 aromatic heterocycles. The Hall–Kier alpha value is -1.53. The predicted octanol–water partition coefficient (Wildman–Crippen LogP) is 3.41. The third kappa shape index (κ3) is 3.49. The average Bonchev–Trinajstić information content (AvgIpc) is 2.61. The van der Waals surface area contributed by atoms with Crippen LogP contribution in [-0.2, 0) is 7.05 Å². The van der Waals surface area contributed by atoms with Gasteiger partial charge in [-0.3, -0.25) is 9.59 Å². The van der Waals surface area contributed by atoms with Crippen LogP contribution in [0.15, 0.2) is 53.3 Å². The Labute approximate surface area is 188 Å². The molecule has 1 heterocycles. The molecule has 0 fully saturated rings. The second kappa shape index (κ2) is 8.44. The van der Waals surface area contributed by atoms with Crippen molar-refractivity contribution in [2.75, 3.05) is 11.4 Å². The van der Waals surface area contributed by atoms with Crippen molar-refractivity contribution >= 4 is 71.8 Å². The van der Waals surface area contributed by atoms with Crippen molar-refractivity contribution in [2.24, 2.45) is 7.05 Å². The summed E-state index contributed by atoms with van der Waals surface area (Å²) >= 11 is 6.19. The fourth-order valence-corrected chi connectivity index (χ4v) is 3.17. The number of carbonyl (C=O) groups excluding carboxylic acids is 1. The summed E-state index contributed by atoms with van der Waals surface area (Å²) in [5.74, 6) is -0.947. The van der Waals surface area contributed by atoms with Crippen molar-refractivity contribution in [3.05, 3.63) is 69.5 Å². The molecule has 5 nitrogen and oxygen atoms in total. The van der Waals surface area contributed by atoms with Crippen LogP contribution >= 0.6 is 11.6 Å². The van der Waals surface area contributed by atoms with Gasteiger partial charge in [-0.25, -0.2) is 0 Å². The molecule has 3 rings (SSSR count). The normalized spacial score (nSPS) is 10.4. The SMILES string of the molecule is CCN(C(=O)c1c(O)c2c(Cl)cccc2n(C)c1=O)c1ccccc1.[Ca+2].[H-].[H-]. The van der Waals surface area contributed by atoms with Crippen molar-refractivity contribution in [1.82, 2.24) is 4.57 Å². The maximum atomic E-state index is 13.0. The molecule has 2 aromatic carbocycles. The molecule has 3 aromatic rings. The van der Waals surface area contributed by atoms with E-state index in [-0.39, 0.29) is 56.9 Å². The molecule has 7 heteroatoms. The standard InChI is InChI=1S/C19H17ClN2O3.Ca.2H/c1-3-22(12-8-5-4-6-9-12)19(25)16-17(23)15-13(20)10-7-11-14(15)21(2)18(16)24;;;/h4-11,23H,3H2,1-2H3;;;/q;+2;2*-1. The zero-order chi connectivity index (χ0) is 18.1. The van der Waals surface area contributed by atoms with E-state index < -0.39 is 11.5 Å². The van der Waals surface area contributed by atoms with E-state index in [0.29, 0.717) is 23.1 Å². The summed E-state index contributed by atoms with van der Waals surface area (Å²) < 4.78 is 1.33. The summed E-state index contributed by atoms with van der Waals surface area (Å²) in [6.07, 6.45) is 0. The maximum absolute atomic E-state index is 13.0. The number of para-hydroxylation sites is 1. The van der Waals surface area contributed by atoms with E-state index in [1.54, 1.807) is 56.4 Å². The molecule has 1 N–H and O–H groups in total. The molecule has 0 spiro atoms. The van der Waals surface area contributed by atoms with Crippen LogP contribution in [0.2, 0.25) is 5.02 Å². The minimum absolute atomic E-state index is 0. The van der Waals surface area contributed by atoms with Gasteiger partial charge in [0.2, 0.25) is 0 Å². The Morgan fingerprint density at radius 3 is 2.46 bits per heavy atom. The minimum atomic E-state index is -0.563. The van der Waals surface area contributed by atoms with Gasteiger partial charge in [-0.2, -0.15) is 0 Å². The van der Waals surface area contributed by atoms with Crippen LogP contribution in [0.5, 0.6) is 5.75 Å². The number of hydrogen-bond donors (Lipinski definition) is 1. The van der Waals surface area contributed by atoms with Crippen molar-refractivity contribution in [2.45, 2.75) is 6.92 Å². The van der Waals surface area contributed by atoms with E-state index in [9.17, 15) is 14.7 Å². The molecule has 0 saturated heterocycles. The first kappa shape index (κ1) is 20.8. The topological polar surface area (TPSA) is 62.5 Å². The molecular formula is C19H19CaClN2O3. The smallest absolute Gasteiger partial charge is 1.00 e. The van der Waals surface area contributed by atoms with Gasteiger partial charge in [-0.15, -0.1) is 0 Å². The quantitative estimate of drug-likeness (QED) is 0.688. The van der Waals surface area contributed by atoms with Crippen LogP contribution in [0.25, 0.3) is 10.9 Å². The van der Waals surface area contributed by atoms with Gasteiger partial charge in [-0.1, -0.05) is 35.9 Å². The van der Waals surface area contributed by atoms with E-state index in [4.69, 9.17) is 11.6 Å². The summed E-state index contributed by atoms with van der Waals surface area (Å²) in [5.41, 5.74) is 0.269. The zero-order valence-corrected chi connectivity index (χ0v) is 17.5. The monoisotopic (exact) mass is 398 g/mol. The van der Waals surface area contributed by atoms with Gasteiger partial charge in [0.25, 0.3) is 11.5 Å². The second-order valence-corrected chi connectivity index (χ2v) is 6.01. The fraction of sp³-hybridized carbons (Fsp3) is 0.158. The zero-order valence-electron chi connectivity index (χ0n) is 16.6. The van der Waals surface area contributed by atoms with Crippen molar-refractivity contribution in [3.63, 3.8) is 0 Å². The number of anilines is 1. The van der Waals surface area contributed by atoms with Crippen LogP contribution < -0.4 is 10.5 Å². The summed E-state index contributed by atoms with van der Waals surface area (Å²) in [6.45, 7) is 2.16. The molecule has 0 radical (unpaired) electrons. The van der Waals surface area contributed by atoms with Crippen molar-refractivity contribution in [3.8, 4) is 5.75 Å². The molecule has 0 bridgehead atoms. The van der Waals surface area contributed by atoms with Gasteiger partial charge in [0.1, 0.15) is 11.3 Å². The number of benzene rings is 2. The number of nitrogens with zero attached hydrogens (tertiary/aromatic N) is 2. The first-order valence-corrected chi connectivity index (χ1v) is 8.22. The number of amides is 1. The molecule has 0 unspecified atom stereocenters. The molecule has 0 atom stereocenters. The Kier molecular flexibility index (Phi) is 6.74. The molecule has 0 aliphatic rings. The van der Waals surface area contributed by atoms with Crippen LogP contribution in [-0.4, -0.2) is 59.9 Å². The average molecular weight is 399 g/mol.